The maximum atomic E-state index is 12.9. The number of hydrogen-bond acceptors (Lipinski definition) is 3. The third kappa shape index (κ3) is 5.64. The van der Waals surface area contributed by atoms with Crippen LogP contribution in [0, 0.1) is 11.2 Å². The van der Waals surface area contributed by atoms with Crippen molar-refractivity contribution in [2.75, 3.05) is 6.54 Å². The minimum Gasteiger partial charge on any atom is -0.481 e. The molecule has 0 aliphatic rings. The number of carboxylic acids is 1. The molecule has 0 spiro atoms. The van der Waals surface area contributed by atoms with E-state index < -0.39 is 35.1 Å². The number of nitrogens with one attached hydrogen (secondary N) is 2. The normalized spacial score (nSPS) is 13.7. The van der Waals surface area contributed by atoms with Gasteiger partial charge in [0.25, 0.3) is 0 Å². The fourth-order valence-corrected chi connectivity index (χ4v) is 1.88. The van der Waals surface area contributed by atoms with Crippen molar-refractivity contribution >= 4 is 17.8 Å². The van der Waals surface area contributed by atoms with Crippen LogP contribution < -0.4 is 10.6 Å². The average molecular weight is 338 g/mol. The van der Waals surface area contributed by atoms with Crippen LogP contribution in [0.15, 0.2) is 24.3 Å². The Balaban J connectivity index is 2.67. The van der Waals surface area contributed by atoms with Crippen molar-refractivity contribution < 1.29 is 23.9 Å². The van der Waals surface area contributed by atoms with E-state index in [0.717, 1.165) is 0 Å². The van der Waals surface area contributed by atoms with Gasteiger partial charge in [-0.3, -0.25) is 14.4 Å². The van der Waals surface area contributed by atoms with Gasteiger partial charge in [0, 0.05) is 12.0 Å². The van der Waals surface area contributed by atoms with E-state index in [-0.39, 0.29) is 12.5 Å². The summed E-state index contributed by atoms with van der Waals surface area (Å²) in [5.74, 6) is -3.36. The standard InChI is InChI=1S/C17H23FN2O4/c1-10(20-16(24)17(2,3)4)14(21)19-9-13(15(22)23)11-5-7-12(18)8-6-11/h5-8,10,13H,9H2,1-4H3,(H,19,21)(H,20,24)(H,22,23). The van der Waals surface area contributed by atoms with Crippen molar-refractivity contribution in [1.82, 2.24) is 10.6 Å². The first-order valence-corrected chi connectivity index (χ1v) is 7.59. The van der Waals surface area contributed by atoms with Gasteiger partial charge in [0.1, 0.15) is 11.9 Å². The van der Waals surface area contributed by atoms with E-state index in [1.165, 1.54) is 31.2 Å². The van der Waals surface area contributed by atoms with E-state index >= 15 is 0 Å². The zero-order chi connectivity index (χ0) is 18.5. The zero-order valence-corrected chi connectivity index (χ0v) is 14.2. The first kappa shape index (κ1) is 19.6. The average Bonchev–Trinajstić information content (AvgIpc) is 2.47. The molecule has 132 valence electrons. The summed E-state index contributed by atoms with van der Waals surface area (Å²) in [6, 6.07) is 4.27. The van der Waals surface area contributed by atoms with Gasteiger partial charge in [0.15, 0.2) is 0 Å². The quantitative estimate of drug-likeness (QED) is 0.735. The topological polar surface area (TPSA) is 95.5 Å². The third-order valence-corrected chi connectivity index (χ3v) is 3.47. The highest BCUT2D eigenvalue weighted by Gasteiger charge is 2.26. The molecule has 0 saturated carbocycles. The van der Waals surface area contributed by atoms with Crippen LogP contribution in [0.25, 0.3) is 0 Å². The molecule has 7 heteroatoms. The molecular formula is C17H23FN2O4. The van der Waals surface area contributed by atoms with Crippen molar-refractivity contribution in [2.24, 2.45) is 5.41 Å². The largest absolute Gasteiger partial charge is 0.481 e. The number of carboxylic acid groups (broad SMARTS) is 1. The molecule has 0 heterocycles. The van der Waals surface area contributed by atoms with Gasteiger partial charge in [-0.2, -0.15) is 0 Å². The third-order valence-electron chi connectivity index (χ3n) is 3.47. The molecule has 2 unspecified atom stereocenters. The first-order valence-electron chi connectivity index (χ1n) is 7.59. The fraction of sp³-hybridized carbons (Fsp3) is 0.471. The number of carbonyl (C=O) groups is 3. The molecule has 0 saturated heterocycles. The highest BCUT2D eigenvalue weighted by molar-refractivity contribution is 5.89. The van der Waals surface area contributed by atoms with Crippen molar-refractivity contribution in [1.29, 1.82) is 0 Å². The molecular weight excluding hydrogens is 315 g/mol. The highest BCUT2D eigenvalue weighted by Crippen LogP contribution is 2.16. The Morgan fingerprint density at radius 1 is 1.17 bits per heavy atom. The maximum Gasteiger partial charge on any atom is 0.312 e. The molecule has 24 heavy (non-hydrogen) atoms. The summed E-state index contributed by atoms with van der Waals surface area (Å²) in [6.07, 6.45) is 0. The summed E-state index contributed by atoms with van der Waals surface area (Å²) < 4.78 is 12.9. The van der Waals surface area contributed by atoms with Crippen LogP contribution in [-0.2, 0) is 14.4 Å². The second-order valence-corrected chi connectivity index (χ2v) is 6.63. The van der Waals surface area contributed by atoms with Crippen molar-refractivity contribution in [2.45, 2.75) is 39.7 Å². The maximum absolute atomic E-state index is 12.9. The predicted molar refractivity (Wildman–Crippen MR) is 86.8 cm³/mol. The van der Waals surface area contributed by atoms with E-state index in [4.69, 9.17) is 0 Å². The molecule has 6 nitrogen and oxygen atoms in total. The molecule has 2 atom stereocenters. The molecule has 0 aliphatic carbocycles. The number of aliphatic carboxylic acids is 1. The van der Waals surface area contributed by atoms with Gasteiger partial charge in [-0.1, -0.05) is 32.9 Å². The lowest BCUT2D eigenvalue weighted by atomic mass is 9.95. The number of rotatable bonds is 6. The van der Waals surface area contributed by atoms with Gasteiger partial charge in [-0.25, -0.2) is 4.39 Å². The molecule has 0 aliphatic heterocycles. The molecule has 0 aromatic heterocycles. The second-order valence-electron chi connectivity index (χ2n) is 6.63. The van der Waals surface area contributed by atoms with Crippen molar-refractivity contribution in [3.63, 3.8) is 0 Å². The first-order chi connectivity index (χ1) is 11.0. The van der Waals surface area contributed by atoms with Crippen LogP contribution in [0.2, 0.25) is 0 Å². The van der Waals surface area contributed by atoms with Crippen molar-refractivity contribution in [3.05, 3.63) is 35.6 Å². The molecule has 3 N–H and O–H groups in total. The van der Waals surface area contributed by atoms with Gasteiger partial charge in [-0.05, 0) is 24.6 Å². The lowest BCUT2D eigenvalue weighted by molar-refractivity contribution is -0.139. The Labute approximate surface area is 140 Å². The number of halogens is 1. The van der Waals surface area contributed by atoms with Crippen LogP contribution in [0.3, 0.4) is 0 Å². The van der Waals surface area contributed by atoms with Crippen LogP contribution >= 0.6 is 0 Å². The molecule has 2 amide bonds. The van der Waals surface area contributed by atoms with E-state index in [0.29, 0.717) is 5.56 Å². The SMILES string of the molecule is CC(NC(=O)C(C)(C)C)C(=O)NCC(C(=O)O)c1ccc(F)cc1. The lowest BCUT2D eigenvalue weighted by Gasteiger charge is -2.22. The Kier molecular flexibility index (Phi) is 6.45. The lowest BCUT2D eigenvalue weighted by Crippen LogP contribution is -2.49. The van der Waals surface area contributed by atoms with Gasteiger partial charge in [0.2, 0.25) is 11.8 Å². The molecule has 0 radical (unpaired) electrons. The Hall–Kier alpha value is -2.44. The zero-order valence-electron chi connectivity index (χ0n) is 14.2. The van der Waals surface area contributed by atoms with Crippen LogP contribution in [0.4, 0.5) is 4.39 Å². The van der Waals surface area contributed by atoms with E-state index in [1.807, 2.05) is 0 Å². The number of amides is 2. The number of carbonyl (C=O) groups excluding carboxylic acids is 2. The van der Waals surface area contributed by atoms with Crippen LogP contribution in [0.1, 0.15) is 39.2 Å². The minimum absolute atomic E-state index is 0.157. The predicted octanol–water partition coefficient (Wildman–Crippen LogP) is 1.66. The van der Waals surface area contributed by atoms with Gasteiger partial charge >= 0.3 is 5.97 Å². The van der Waals surface area contributed by atoms with E-state index in [2.05, 4.69) is 10.6 Å². The molecule has 1 rings (SSSR count). The van der Waals surface area contributed by atoms with Gasteiger partial charge < -0.3 is 15.7 Å². The molecule has 0 bridgehead atoms. The monoisotopic (exact) mass is 338 g/mol. The molecule has 0 fully saturated rings. The number of hydrogen-bond donors (Lipinski definition) is 3. The Morgan fingerprint density at radius 2 is 1.71 bits per heavy atom. The van der Waals surface area contributed by atoms with E-state index in [1.54, 1.807) is 20.8 Å². The minimum atomic E-state index is -1.13. The van der Waals surface area contributed by atoms with Crippen LogP contribution in [-0.4, -0.2) is 35.5 Å². The van der Waals surface area contributed by atoms with Gasteiger partial charge in [0.05, 0.1) is 5.92 Å². The summed E-state index contributed by atoms with van der Waals surface area (Å²) >= 11 is 0. The van der Waals surface area contributed by atoms with Crippen molar-refractivity contribution in [3.8, 4) is 0 Å². The fourth-order valence-electron chi connectivity index (χ4n) is 1.88. The smallest absolute Gasteiger partial charge is 0.312 e. The summed E-state index contributed by atoms with van der Waals surface area (Å²) in [7, 11) is 0. The Bertz CT molecular complexity index is 608. The van der Waals surface area contributed by atoms with Gasteiger partial charge in [-0.15, -0.1) is 0 Å². The summed E-state index contributed by atoms with van der Waals surface area (Å²) in [5, 5.41) is 14.4. The molecule has 1 aromatic rings. The summed E-state index contributed by atoms with van der Waals surface area (Å²) in [5.41, 5.74) is -0.248. The van der Waals surface area contributed by atoms with E-state index in [9.17, 15) is 23.9 Å². The second kappa shape index (κ2) is 7.90. The number of benzene rings is 1. The Morgan fingerprint density at radius 3 is 2.17 bits per heavy atom. The summed E-state index contributed by atoms with van der Waals surface area (Å²) in [6.45, 7) is 6.54. The molecule has 1 aromatic carbocycles. The van der Waals surface area contributed by atoms with Crippen LogP contribution in [0.5, 0.6) is 0 Å². The summed E-state index contributed by atoms with van der Waals surface area (Å²) in [4.78, 5) is 35.3. The highest BCUT2D eigenvalue weighted by atomic mass is 19.1.